The molecule has 1 rings (SSSR count). The number of halogens is 7. The minimum absolute atomic E-state index is 0.543. The fourth-order valence-corrected chi connectivity index (χ4v) is 0.931. The van der Waals surface area contributed by atoms with E-state index in [0.29, 0.717) is 7.11 Å². The number of allylic oxidation sites excluding steroid dienone is 3. The Morgan fingerprint density at radius 3 is 1.67 bits per heavy atom. The minimum Gasteiger partial charge on any atom is -0.491 e. The fourth-order valence-electron chi connectivity index (χ4n) is 0.931. The predicted molar refractivity (Wildman–Crippen MR) is 34.3 cm³/mol. The largest absolute Gasteiger partial charge is 0.491 e. The van der Waals surface area contributed by atoms with E-state index >= 15 is 0 Å². The number of alkyl halides is 4. The molecular formula is C7H3F7O. The van der Waals surface area contributed by atoms with E-state index < -0.39 is 35.1 Å². The van der Waals surface area contributed by atoms with E-state index in [1.807, 2.05) is 0 Å². The van der Waals surface area contributed by atoms with Crippen molar-refractivity contribution in [2.24, 2.45) is 0 Å². The zero-order chi connectivity index (χ0) is 12.0. The van der Waals surface area contributed by atoms with E-state index in [0.717, 1.165) is 0 Å². The summed E-state index contributed by atoms with van der Waals surface area (Å²) in [6, 6.07) is 0. The predicted octanol–water partition coefficient (Wildman–Crippen LogP) is 3.25. The molecule has 0 aromatic carbocycles. The van der Waals surface area contributed by atoms with Gasteiger partial charge < -0.3 is 4.74 Å². The lowest BCUT2D eigenvalue weighted by atomic mass is 10.0. The number of rotatable bonds is 1. The van der Waals surface area contributed by atoms with E-state index in [4.69, 9.17) is 0 Å². The molecule has 0 saturated carbocycles. The lowest BCUT2D eigenvalue weighted by Gasteiger charge is -2.28. The Labute approximate surface area is 78.8 Å². The molecule has 15 heavy (non-hydrogen) atoms. The van der Waals surface area contributed by atoms with Gasteiger partial charge in [0.25, 0.3) is 0 Å². The second kappa shape index (κ2) is 3.14. The zero-order valence-corrected chi connectivity index (χ0v) is 7.05. The third kappa shape index (κ3) is 1.30. The zero-order valence-electron chi connectivity index (χ0n) is 7.05. The molecule has 0 radical (unpaired) electrons. The highest BCUT2D eigenvalue weighted by atomic mass is 19.3. The van der Waals surface area contributed by atoms with Crippen LogP contribution >= 0.6 is 0 Å². The van der Waals surface area contributed by atoms with Gasteiger partial charge in [-0.25, -0.2) is 8.78 Å². The highest BCUT2D eigenvalue weighted by Crippen LogP contribution is 2.52. The topological polar surface area (TPSA) is 9.23 Å². The first-order valence-electron chi connectivity index (χ1n) is 3.44. The van der Waals surface area contributed by atoms with Crippen molar-refractivity contribution in [1.82, 2.24) is 0 Å². The van der Waals surface area contributed by atoms with Gasteiger partial charge in [0, 0.05) is 0 Å². The van der Waals surface area contributed by atoms with Gasteiger partial charge >= 0.3 is 11.8 Å². The quantitative estimate of drug-likeness (QED) is 0.635. The summed E-state index contributed by atoms with van der Waals surface area (Å²) in [6.45, 7) is 0. The molecule has 0 aromatic heterocycles. The first kappa shape index (κ1) is 11.9. The SMILES string of the molecule is COC1=C(F)C(F)(F)C(F)(F)C(F)=C1F. The maximum absolute atomic E-state index is 12.6. The van der Waals surface area contributed by atoms with E-state index in [1.54, 1.807) is 0 Å². The molecule has 0 amide bonds. The second-order valence-corrected chi connectivity index (χ2v) is 2.62. The lowest BCUT2D eigenvalue weighted by molar-refractivity contribution is -0.188. The normalized spacial score (nSPS) is 24.5. The Morgan fingerprint density at radius 2 is 1.27 bits per heavy atom. The van der Waals surface area contributed by atoms with Gasteiger partial charge in [-0.2, -0.15) is 22.0 Å². The molecule has 0 N–H and O–H groups in total. The van der Waals surface area contributed by atoms with Gasteiger partial charge in [0.15, 0.2) is 5.76 Å². The molecule has 1 aliphatic carbocycles. The van der Waals surface area contributed by atoms with Crippen LogP contribution in [0.3, 0.4) is 0 Å². The average Bonchev–Trinajstić information content (AvgIpc) is 2.15. The van der Waals surface area contributed by atoms with Crippen LogP contribution in [0.1, 0.15) is 0 Å². The molecule has 0 aliphatic heterocycles. The summed E-state index contributed by atoms with van der Waals surface area (Å²) >= 11 is 0. The molecule has 0 heterocycles. The molecule has 0 aromatic rings. The summed E-state index contributed by atoms with van der Waals surface area (Å²) in [5, 5.41) is 0. The molecular weight excluding hydrogens is 233 g/mol. The summed E-state index contributed by atoms with van der Waals surface area (Å²) < 4.78 is 91.4. The maximum atomic E-state index is 12.6. The van der Waals surface area contributed by atoms with E-state index in [1.165, 1.54) is 0 Å². The first-order valence-corrected chi connectivity index (χ1v) is 3.44. The van der Waals surface area contributed by atoms with Crippen LogP contribution in [-0.2, 0) is 4.74 Å². The van der Waals surface area contributed by atoms with Gasteiger partial charge in [-0.1, -0.05) is 0 Å². The third-order valence-electron chi connectivity index (χ3n) is 1.74. The molecule has 0 atom stereocenters. The van der Waals surface area contributed by atoms with Crippen molar-refractivity contribution in [2.75, 3.05) is 7.11 Å². The molecule has 0 fully saturated rings. The van der Waals surface area contributed by atoms with Gasteiger partial charge in [-0.15, -0.1) is 0 Å². The van der Waals surface area contributed by atoms with Crippen LogP contribution in [0.5, 0.6) is 0 Å². The Hall–Kier alpha value is -1.21. The van der Waals surface area contributed by atoms with E-state index in [-0.39, 0.29) is 0 Å². The van der Waals surface area contributed by atoms with Gasteiger partial charge in [0.2, 0.25) is 17.5 Å². The average molecular weight is 236 g/mol. The molecule has 0 saturated heterocycles. The van der Waals surface area contributed by atoms with Crippen molar-refractivity contribution in [3.05, 3.63) is 23.2 Å². The molecule has 1 nitrogen and oxygen atoms in total. The maximum Gasteiger partial charge on any atom is 0.371 e. The number of hydrogen-bond acceptors (Lipinski definition) is 1. The van der Waals surface area contributed by atoms with Crippen LogP contribution in [0.25, 0.3) is 0 Å². The number of methoxy groups -OCH3 is 1. The highest BCUT2D eigenvalue weighted by molar-refractivity contribution is 5.39. The summed E-state index contributed by atoms with van der Waals surface area (Å²) in [7, 11) is 0.543. The molecule has 0 bridgehead atoms. The van der Waals surface area contributed by atoms with Crippen molar-refractivity contribution in [3.8, 4) is 0 Å². The van der Waals surface area contributed by atoms with Crippen molar-refractivity contribution in [2.45, 2.75) is 11.8 Å². The summed E-state index contributed by atoms with van der Waals surface area (Å²) in [5.41, 5.74) is 0. The van der Waals surface area contributed by atoms with Crippen molar-refractivity contribution >= 4 is 0 Å². The van der Waals surface area contributed by atoms with Crippen LogP contribution in [0, 0.1) is 0 Å². The molecule has 1 aliphatic rings. The van der Waals surface area contributed by atoms with Gasteiger partial charge in [0.05, 0.1) is 7.11 Å². The standard InChI is InChI=1S/C7H3F7O/c1-15-3-2(8)4(9)6(11,12)7(13,14)5(3)10/h1H3. The van der Waals surface area contributed by atoms with Crippen LogP contribution in [0.4, 0.5) is 30.7 Å². The number of hydrogen-bond donors (Lipinski definition) is 0. The molecule has 86 valence electrons. The van der Waals surface area contributed by atoms with Crippen molar-refractivity contribution in [3.63, 3.8) is 0 Å². The minimum atomic E-state index is -5.55. The lowest BCUT2D eigenvalue weighted by Crippen LogP contribution is -2.45. The molecule has 8 heteroatoms. The van der Waals surface area contributed by atoms with E-state index in [9.17, 15) is 30.7 Å². The third-order valence-corrected chi connectivity index (χ3v) is 1.74. The van der Waals surface area contributed by atoms with Crippen LogP contribution in [0.2, 0.25) is 0 Å². The van der Waals surface area contributed by atoms with Crippen molar-refractivity contribution in [1.29, 1.82) is 0 Å². The Morgan fingerprint density at radius 1 is 0.867 bits per heavy atom. The van der Waals surface area contributed by atoms with Crippen LogP contribution in [0.15, 0.2) is 23.2 Å². The van der Waals surface area contributed by atoms with Crippen LogP contribution < -0.4 is 0 Å². The van der Waals surface area contributed by atoms with E-state index in [2.05, 4.69) is 4.74 Å². The Kier molecular flexibility index (Phi) is 2.48. The smallest absolute Gasteiger partial charge is 0.371 e. The van der Waals surface area contributed by atoms with Crippen molar-refractivity contribution < 1.29 is 35.5 Å². The second-order valence-electron chi connectivity index (χ2n) is 2.62. The van der Waals surface area contributed by atoms with Gasteiger partial charge in [0.1, 0.15) is 0 Å². The summed E-state index contributed by atoms with van der Waals surface area (Å²) in [6.07, 6.45) is 0. The highest BCUT2D eigenvalue weighted by Gasteiger charge is 2.68. The number of ether oxygens (including phenoxy) is 1. The fraction of sp³-hybridized carbons (Fsp3) is 0.429. The van der Waals surface area contributed by atoms with Crippen LogP contribution in [-0.4, -0.2) is 19.0 Å². The summed E-state index contributed by atoms with van der Waals surface area (Å²) in [5.74, 6) is -21.2. The summed E-state index contributed by atoms with van der Waals surface area (Å²) in [4.78, 5) is 0. The monoisotopic (exact) mass is 236 g/mol. The Balaban J connectivity index is 3.49. The van der Waals surface area contributed by atoms with Gasteiger partial charge in [-0.3, -0.25) is 0 Å². The molecule has 0 spiro atoms. The Bertz CT molecular complexity index is 354. The van der Waals surface area contributed by atoms with Gasteiger partial charge in [-0.05, 0) is 0 Å². The molecule has 0 unspecified atom stereocenters. The first-order chi connectivity index (χ1) is 6.67.